The predicted octanol–water partition coefficient (Wildman–Crippen LogP) is 1.99. The molecule has 0 saturated carbocycles. The van der Waals surface area contributed by atoms with Crippen LogP contribution in [0, 0.1) is 0 Å². The maximum Gasteiger partial charge on any atom is 0.254 e. The van der Waals surface area contributed by atoms with E-state index in [1.165, 1.54) is 17.8 Å². The maximum atomic E-state index is 12.0. The van der Waals surface area contributed by atoms with Gasteiger partial charge in [-0.3, -0.25) is 14.4 Å². The molecule has 1 atom stereocenters. The first kappa shape index (κ1) is 17.5. The number of aryl methyl sites for hydroxylation is 1. The second-order valence-corrected chi connectivity index (χ2v) is 6.07. The highest BCUT2D eigenvalue weighted by Crippen LogP contribution is 2.29. The third-order valence-electron chi connectivity index (χ3n) is 4.31. The number of hydrogen-bond acceptors (Lipinski definition) is 6. The summed E-state index contributed by atoms with van der Waals surface area (Å²) in [5.41, 5.74) is -0.215. The van der Waals surface area contributed by atoms with Crippen molar-refractivity contribution in [2.45, 2.75) is 19.4 Å². The molecule has 0 aliphatic rings. The smallest absolute Gasteiger partial charge is 0.254 e. The van der Waals surface area contributed by atoms with Gasteiger partial charge in [-0.05, 0) is 12.0 Å². The lowest BCUT2D eigenvalue weighted by Gasteiger charge is -2.22. The standard InChI is InChI=1S/C19H19N3O4/c1-3-12(11-7-5-4-6-8-11)20-16-17(19(26)18(16)25)21-13-10-22(2)15(24)9-14(13)23/h4-10,12,20-21,23H,3H2,1-2H3/t12-/m1/s1. The van der Waals surface area contributed by atoms with Gasteiger partial charge >= 0.3 is 0 Å². The Labute approximate surface area is 149 Å². The largest absolute Gasteiger partial charge is 0.506 e. The van der Waals surface area contributed by atoms with Crippen LogP contribution in [-0.2, 0) is 7.05 Å². The molecule has 0 radical (unpaired) electrons. The molecule has 0 bridgehead atoms. The molecule has 1 heterocycles. The molecule has 1 aromatic heterocycles. The van der Waals surface area contributed by atoms with Gasteiger partial charge in [0, 0.05) is 19.3 Å². The highest BCUT2D eigenvalue weighted by Gasteiger charge is 2.24. The minimum Gasteiger partial charge on any atom is -0.506 e. The number of aromatic hydroxyl groups is 1. The zero-order valence-electron chi connectivity index (χ0n) is 14.4. The van der Waals surface area contributed by atoms with Gasteiger partial charge in [-0.1, -0.05) is 37.3 Å². The summed E-state index contributed by atoms with van der Waals surface area (Å²) in [4.78, 5) is 35.5. The van der Waals surface area contributed by atoms with Crippen molar-refractivity contribution in [2.24, 2.45) is 7.05 Å². The Morgan fingerprint density at radius 3 is 2.38 bits per heavy atom. The van der Waals surface area contributed by atoms with E-state index in [9.17, 15) is 19.5 Å². The van der Waals surface area contributed by atoms with E-state index in [0.717, 1.165) is 11.6 Å². The first-order valence-corrected chi connectivity index (χ1v) is 8.23. The molecule has 0 aliphatic carbocycles. The normalized spacial score (nSPS) is 12.1. The van der Waals surface area contributed by atoms with E-state index in [1.807, 2.05) is 37.3 Å². The van der Waals surface area contributed by atoms with Crippen molar-refractivity contribution in [3.05, 3.63) is 79.0 Å². The molecule has 0 unspecified atom stereocenters. The van der Waals surface area contributed by atoms with Gasteiger partial charge in [-0.15, -0.1) is 0 Å². The molecular formula is C19H19N3O4. The van der Waals surface area contributed by atoms with Gasteiger partial charge in [-0.25, -0.2) is 0 Å². The molecule has 0 amide bonds. The molecule has 2 aromatic carbocycles. The van der Waals surface area contributed by atoms with Gasteiger partial charge < -0.3 is 20.3 Å². The Kier molecular flexibility index (Phi) is 4.62. The zero-order chi connectivity index (χ0) is 18.8. The molecule has 3 rings (SSSR count). The molecule has 134 valence electrons. The van der Waals surface area contributed by atoms with Crippen LogP contribution in [0.4, 0.5) is 17.1 Å². The van der Waals surface area contributed by atoms with E-state index in [4.69, 9.17) is 0 Å². The second kappa shape index (κ2) is 6.87. The molecule has 7 heteroatoms. The summed E-state index contributed by atoms with van der Waals surface area (Å²) < 4.78 is 1.26. The van der Waals surface area contributed by atoms with E-state index in [1.54, 1.807) is 0 Å². The van der Waals surface area contributed by atoms with E-state index in [2.05, 4.69) is 10.6 Å². The molecule has 0 aliphatic heterocycles. The average Bonchev–Trinajstić information content (AvgIpc) is 2.65. The summed E-state index contributed by atoms with van der Waals surface area (Å²) in [6.45, 7) is 1.97. The zero-order valence-corrected chi connectivity index (χ0v) is 14.4. The molecule has 3 N–H and O–H groups in total. The van der Waals surface area contributed by atoms with Gasteiger partial charge in [0.2, 0.25) is 0 Å². The summed E-state index contributed by atoms with van der Waals surface area (Å²) in [5.74, 6) is -0.290. The van der Waals surface area contributed by atoms with Crippen LogP contribution in [-0.4, -0.2) is 9.67 Å². The Morgan fingerprint density at radius 2 is 1.73 bits per heavy atom. The van der Waals surface area contributed by atoms with Crippen molar-refractivity contribution < 1.29 is 5.11 Å². The topological polar surface area (TPSA) is 100 Å². The minimum absolute atomic E-state index is 0.0818. The molecular weight excluding hydrogens is 334 g/mol. The SMILES string of the molecule is CC[C@@H](Nc1c(Nc2cn(C)c(=O)cc2O)c(=O)c1=O)c1ccccc1. The van der Waals surface area contributed by atoms with Crippen LogP contribution in [0.3, 0.4) is 0 Å². The average molecular weight is 353 g/mol. The number of anilines is 3. The third kappa shape index (κ3) is 3.11. The minimum atomic E-state index is -0.663. The van der Waals surface area contributed by atoms with Crippen LogP contribution < -0.4 is 27.1 Å². The van der Waals surface area contributed by atoms with Crippen molar-refractivity contribution in [3.8, 4) is 5.75 Å². The van der Waals surface area contributed by atoms with Crippen LogP contribution >= 0.6 is 0 Å². The van der Waals surface area contributed by atoms with Crippen molar-refractivity contribution in [3.63, 3.8) is 0 Å². The highest BCUT2D eigenvalue weighted by molar-refractivity contribution is 5.80. The molecule has 0 fully saturated rings. The third-order valence-corrected chi connectivity index (χ3v) is 4.31. The predicted molar refractivity (Wildman–Crippen MR) is 101 cm³/mol. The van der Waals surface area contributed by atoms with E-state index in [-0.39, 0.29) is 34.4 Å². The van der Waals surface area contributed by atoms with E-state index in [0.29, 0.717) is 6.42 Å². The number of rotatable bonds is 6. The first-order valence-electron chi connectivity index (χ1n) is 8.23. The first-order chi connectivity index (χ1) is 12.4. The fourth-order valence-corrected chi connectivity index (χ4v) is 2.78. The lowest BCUT2D eigenvalue weighted by Crippen LogP contribution is -2.37. The van der Waals surface area contributed by atoms with Crippen LogP contribution in [0.2, 0.25) is 0 Å². The van der Waals surface area contributed by atoms with E-state index >= 15 is 0 Å². The Hall–Kier alpha value is -3.35. The van der Waals surface area contributed by atoms with Gasteiger partial charge in [0.1, 0.15) is 17.1 Å². The Morgan fingerprint density at radius 1 is 1.08 bits per heavy atom. The van der Waals surface area contributed by atoms with Crippen molar-refractivity contribution in [1.29, 1.82) is 0 Å². The number of pyridine rings is 1. The van der Waals surface area contributed by atoms with Gasteiger partial charge in [0.25, 0.3) is 16.4 Å². The number of hydrogen-bond donors (Lipinski definition) is 3. The van der Waals surface area contributed by atoms with Crippen LogP contribution in [0.5, 0.6) is 5.75 Å². The van der Waals surface area contributed by atoms with Crippen molar-refractivity contribution in [2.75, 3.05) is 10.6 Å². The number of nitrogens with one attached hydrogen (secondary N) is 2. The van der Waals surface area contributed by atoms with Crippen LogP contribution in [0.15, 0.2) is 57.0 Å². The van der Waals surface area contributed by atoms with Crippen molar-refractivity contribution >= 4 is 17.1 Å². The number of nitrogens with zero attached hydrogens (tertiary/aromatic N) is 1. The Balaban J connectivity index is 1.91. The summed E-state index contributed by atoms with van der Waals surface area (Å²) in [7, 11) is 1.52. The lowest BCUT2D eigenvalue weighted by molar-refractivity contribution is 0.474. The summed E-state index contributed by atoms with van der Waals surface area (Å²) in [6, 6.07) is 10.5. The lowest BCUT2D eigenvalue weighted by atomic mass is 10.0. The van der Waals surface area contributed by atoms with Crippen LogP contribution in [0.25, 0.3) is 0 Å². The maximum absolute atomic E-state index is 12.0. The van der Waals surface area contributed by atoms with E-state index < -0.39 is 10.9 Å². The van der Waals surface area contributed by atoms with Gasteiger partial charge in [-0.2, -0.15) is 0 Å². The van der Waals surface area contributed by atoms with Gasteiger partial charge in [0.05, 0.1) is 11.7 Å². The van der Waals surface area contributed by atoms with Crippen molar-refractivity contribution in [1.82, 2.24) is 4.57 Å². The summed E-state index contributed by atoms with van der Waals surface area (Å²) >= 11 is 0. The summed E-state index contributed by atoms with van der Waals surface area (Å²) in [6.07, 6.45) is 2.08. The fraction of sp³-hybridized carbons (Fsp3) is 0.211. The number of aromatic nitrogens is 1. The molecule has 3 aromatic rings. The number of benzene rings is 1. The second-order valence-electron chi connectivity index (χ2n) is 6.07. The van der Waals surface area contributed by atoms with Crippen LogP contribution in [0.1, 0.15) is 24.9 Å². The molecule has 7 nitrogen and oxygen atoms in total. The van der Waals surface area contributed by atoms with Gasteiger partial charge in [0.15, 0.2) is 0 Å². The monoisotopic (exact) mass is 353 g/mol. The Bertz CT molecular complexity index is 1060. The quantitative estimate of drug-likeness (QED) is 0.586. The molecule has 0 spiro atoms. The fourth-order valence-electron chi connectivity index (χ4n) is 2.78. The summed E-state index contributed by atoms with van der Waals surface area (Å²) in [5, 5.41) is 15.8. The molecule has 0 saturated heterocycles. The highest BCUT2D eigenvalue weighted by atomic mass is 16.3. The molecule has 26 heavy (non-hydrogen) atoms.